The number of esters is 1. The van der Waals surface area contributed by atoms with Gasteiger partial charge < -0.3 is 9.30 Å². The number of hydrogen-bond acceptors (Lipinski definition) is 3. The highest BCUT2D eigenvalue weighted by atomic mass is 16.5. The van der Waals surface area contributed by atoms with Crippen LogP contribution in [0.2, 0.25) is 0 Å². The Bertz CT molecular complexity index is 684. The summed E-state index contributed by atoms with van der Waals surface area (Å²) in [5.74, 6) is -0.585. The molecule has 2 rings (SSSR count). The van der Waals surface area contributed by atoms with Gasteiger partial charge in [0.05, 0.1) is 23.4 Å². The number of nitrogens with zero attached hydrogens (tertiary/aromatic N) is 1. The van der Waals surface area contributed by atoms with Crippen molar-refractivity contribution < 1.29 is 14.3 Å². The van der Waals surface area contributed by atoms with Gasteiger partial charge in [-0.15, -0.1) is 0 Å². The van der Waals surface area contributed by atoms with E-state index in [2.05, 4.69) is 0 Å². The van der Waals surface area contributed by atoms with E-state index in [0.29, 0.717) is 11.1 Å². The molecule has 0 unspecified atom stereocenters. The van der Waals surface area contributed by atoms with Crippen LogP contribution in [0.5, 0.6) is 0 Å². The predicted octanol–water partition coefficient (Wildman–Crippen LogP) is 3.38. The van der Waals surface area contributed by atoms with Crippen molar-refractivity contribution in [1.29, 1.82) is 0 Å². The Kier molecular flexibility index (Phi) is 4.26. The van der Waals surface area contributed by atoms with Crippen LogP contribution in [0.1, 0.15) is 40.3 Å². The van der Waals surface area contributed by atoms with Crippen LogP contribution in [0.4, 0.5) is 0 Å². The van der Waals surface area contributed by atoms with Gasteiger partial charge in [0.25, 0.3) is 0 Å². The zero-order valence-corrected chi connectivity index (χ0v) is 12.8. The van der Waals surface area contributed by atoms with Gasteiger partial charge in [0.1, 0.15) is 0 Å². The van der Waals surface area contributed by atoms with E-state index in [9.17, 15) is 9.59 Å². The lowest BCUT2D eigenvalue weighted by molar-refractivity contribution is 0.0522. The van der Waals surface area contributed by atoms with Gasteiger partial charge in [0.15, 0.2) is 5.78 Å². The van der Waals surface area contributed by atoms with E-state index in [-0.39, 0.29) is 12.4 Å². The van der Waals surface area contributed by atoms with Gasteiger partial charge in [-0.1, -0.05) is 30.3 Å². The van der Waals surface area contributed by atoms with E-state index in [1.807, 2.05) is 48.9 Å². The molecular weight excluding hydrogens is 266 g/mol. The summed E-state index contributed by atoms with van der Waals surface area (Å²) < 4.78 is 6.97. The maximum absolute atomic E-state index is 12.2. The summed E-state index contributed by atoms with van der Waals surface area (Å²) >= 11 is 0. The largest absolute Gasteiger partial charge is 0.462 e. The molecule has 0 amide bonds. The fraction of sp³-hybridized carbons (Fsp3) is 0.294. The first-order valence-corrected chi connectivity index (χ1v) is 6.91. The van der Waals surface area contributed by atoms with Crippen molar-refractivity contribution in [2.45, 2.75) is 20.8 Å². The normalized spacial score (nSPS) is 10.5. The topological polar surface area (TPSA) is 48.3 Å². The molecule has 0 N–H and O–H groups in total. The number of hydrogen-bond donors (Lipinski definition) is 0. The number of Topliss-reactive ketones (excluding diaryl/α,β-unsaturated/α-hetero) is 1. The van der Waals surface area contributed by atoms with E-state index < -0.39 is 5.97 Å². The molecule has 1 heterocycles. The van der Waals surface area contributed by atoms with E-state index in [1.165, 1.54) is 6.92 Å². The number of ether oxygens (including phenoxy) is 1. The Labute approximate surface area is 124 Å². The van der Waals surface area contributed by atoms with E-state index in [1.54, 1.807) is 6.92 Å². The first-order chi connectivity index (χ1) is 9.99. The second-order valence-corrected chi connectivity index (χ2v) is 4.89. The van der Waals surface area contributed by atoms with Crippen molar-refractivity contribution >= 4 is 11.8 Å². The molecule has 21 heavy (non-hydrogen) atoms. The van der Waals surface area contributed by atoms with Crippen LogP contribution in [-0.4, -0.2) is 22.9 Å². The Morgan fingerprint density at radius 3 is 2.29 bits per heavy atom. The van der Waals surface area contributed by atoms with Crippen LogP contribution in [0.3, 0.4) is 0 Å². The third-order valence-electron chi connectivity index (χ3n) is 3.57. The third-order valence-corrected chi connectivity index (χ3v) is 3.57. The smallest absolute Gasteiger partial charge is 0.340 e. The number of carbonyl (C=O) groups excluding carboxylic acids is 2. The number of carbonyl (C=O) groups is 2. The van der Waals surface area contributed by atoms with Crippen molar-refractivity contribution in [3.63, 3.8) is 0 Å². The summed E-state index contributed by atoms with van der Waals surface area (Å²) in [5.41, 5.74) is 3.19. The van der Waals surface area contributed by atoms with Crippen molar-refractivity contribution in [2.75, 3.05) is 6.61 Å². The molecule has 4 heteroatoms. The molecule has 0 saturated carbocycles. The van der Waals surface area contributed by atoms with Gasteiger partial charge in [0, 0.05) is 12.7 Å². The molecular formula is C17H19NO3. The van der Waals surface area contributed by atoms with Gasteiger partial charge >= 0.3 is 5.97 Å². The summed E-state index contributed by atoms with van der Waals surface area (Å²) in [5, 5.41) is 0. The SMILES string of the molecule is CCOC(=O)c1c(C(C)=O)c(-c2ccccc2)n(C)c1C. The molecule has 0 aliphatic rings. The quantitative estimate of drug-likeness (QED) is 0.639. The van der Waals surface area contributed by atoms with Crippen LogP contribution in [-0.2, 0) is 11.8 Å². The second-order valence-electron chi connectivity index (χ2n) is 4.89. The summed E-state index contributed by atoms with van der Waals surface area (Å²) in [4.78, 5) is 24.3. The molecule has 1 aromatic carbocycles. The summed E-state index contributed by atoms with van der Waals surface area (Å²) in [7, 11) is 1.85. The lowest BCUT2D eigenvalue weighted by Gasteiger charge is -2.07. The Hall–Kier alpha value is -2.36. The Balaban J connectivity index is 2.75. The lowest BCUT2D eigenvalue weighted by atomic mass is 10.0. The molecule has 1 aromatic heterocycles. The number of ketones is 1. The fourth-order valence-electron chi connectivity index (χ4n) is 2.53. The minimum atomic E-state index is -0.446. The molecule has 0 fully saturated rings. The molecule has 0 spiro atoms. The highest BCUT2D eigenvalue weighted by Crippen LogP contribution is 2.31. The molecule has 0 aliphatic heterocycles. The summed E-state index contributed by atoms with van der Waals surface area (Å²) in [6, 6.07) is 9.59. The van der Waals surface area contributed by atoms with Crippen molar-refractivity contribution in [3.8, 4) is 11.3 Å². The molecule has 0 atom stereocenters. The predicted molar refractivity (Wildman–Crippen MR) is 81.5 cm³/mol. The van der Waals surface area contributed by atoms with Crippen LogP contribution < -0.4 is 0 Å². The van der Waals surface area contributed by atoms with Gasteiger partial charge in [-0.25, -0.2) is 4.79 Å². The van der Waals surface area contributed by atoms with Crippen LogP contribution in [0.25, 0.3) is 11.3 Å². The first kappa shape index (κ1) is 15.0. The zero-order chi connectivity index (χ0) is 15.6. The third kappa shape index (κ3) is 2.61. The minimum Gasteiger partial charge on any atom is -0.462 e. The Morgan fingerprint density at radius 2 is 1.76 bits per heavy atom. The van der Waals surface area contributed by atoms with Gasteiger partial charge in [-0.3, -0.25) is 4.79 Å². The van der Waals surface area contributed by atoms with Crippen molar-refractivity contribution in [3.05, 3.63) is 47.2 Å². The maximum Gasteiger partial charge on any atom is 0.340 e. The minimum absolute atomic E-state index is 0.138. The summed E-state index contributed by atoms with van der Waals surface area (Å²) in [6.07, 6.45) is 0. The molecule has 0 saturated heterocycles. The van der Waals surface area contributed by atoms with Crippen LogP contribution in [0.15, 0.2) is 30.3 Å². The highest BCUT2D eigenvalue weighted by molar-refractivity contribution is 6.10. The number of benzene rings is 1. The number of aromatic nitrogens is 1. The average Bonchev–Trinajstić information content (AvgIpc) is 2.73. The lowest BCUT2D eigenvalue weighted by Crippen LogP contribution is -2.10. The maximum atomic E-state index is 12.2. The van der Waals surface area contributed by atoms with E-state index in [4.69, 9.17) is 4.74 Å². The van der Waals surface area contributed by atoms with Crippen molar-refractivity contribution in [2.24, 2.45) is 7.05 Å². The van der Waals surface area contributed by atoms with Crippen molar-refractivity contribution in [1.82, 2.24) is 4.57 Å². The summed E-state index contributed by atoms with van der Waals surface area (Å²) in [6.45, 7) is 5.34. The molecule has 2 aromatic rings. The van der Waals surface area contributed by atoms with Crippen LogP contribution >= 0.6 is 0 Å². The molecule has 110 valence electrons. The molecule has 0 radical (unpaired) electrons. The van der Waals surface area contributed by atoms with Gasteiger partial charge in [-0.05, 0) is 26.3 Å². The molecule has 4 nitrogen and oxygen atoms in total. The standard InChI is InChI=1S/C17H19NO3/c1-5-21-17(20)14-11(2)18(4)16(15(14)12(3)19)13-9-7-6-8-10-13/h6-10H,5H2,1-4H3. The monoisotopic (exact) mass is 285 g/mol. The molecule has 0 aliphatic carbocycles. The van der Waals surface area contributed by atoms with E-state index >= 15 is 0 Å². The highest BCUT2D eigenvalue weighted by Gasteiger charge is 2.27. The van der Waals surface area contributed by atoms with Gasteiger partial charge in [-0.2, -0.15) is 0 Å². The van der Waals surface area contributed by atoms with E-state index in [0.717, 1.165) is 17.0 Å². The first-order valence-electron chi connectivity index (χ1n) is 6.91. The fourth-order valence-corrected chi connectivity index (χ4v) is 2.53. The zero-order valence-electron chi connectivity index (χ0n) is 12.8. The average molecular weight is 285 g/mol. The van der Waals surface area contributed by atoms with Crippen LogP contribution in [0, 0.1) is 6.92 Å². The van der Waals surface area contributed by atoms with Gasteiger partial charge in [0.2, 0.25) is 0 Å². The Morgan fingerprint density at radius 1 is 1.14 bits per heavy atom. The molecule has 0 bridgehead atoms. The second kappa shape index (κ2) is 5.95. The number of rotatable bonds is 4.